The molecule has 3 aliphatic rings. The van der Waals surface area contributed by atoms with Gasteiger partial charge in [0, 0.05) is 84.9 Å². The first-order valence-corrected chi connectivity index (χ1v) is 18.5. The van der Waals surface area contributed by atoms with Crippen LogP contribution >= 0.6 is 23.2 Å². The fourth-order valence-corrected chi connectivity index (χ4v) is 9.48. The minimum Gasteiger partial charge on any atom is -0.369 e. The van der Waals surface area contributed by atoms with Crippen LogP contribution in [0.5, 0.6) is 0 Å². The molecule has 2 heterocycles. The normalized spacial score (nSPS) is 17.7. The van der Waals surface area contributed by atoms with E-state index in [-0.39, 0.29) is 26.7 Å². The first-order valence-electron chi connectivity index (χ1n) is 14.9. The first-order chi connectivity index (χ1) is 22.0. The minimum atomic E-state index is -3.86. The fourth-order valence-electron chi connectivity index (χ4n) is 6.33. The molecule has 2 aliphatic heterocycles. The summed E-state index contributed by atoms with van der Waals surface area (Å²) in [5.74, 6) is -0.390. The molecule has 2 fully saturated rings. The number of rotatable bonds is 6. The minimum absolute atomic E-state index is 0.0405. The van der Waals surface area contributed by atoms with Crippen LogP contribution in [0.25, 0.3) is 11.1 Å². The molecule has 0 N–H and O–H groups in total. The number of nitrogens with zero attached hydrogens (tertiary/aromatic N) is 4. The zero-order valence-corrected chi connectivity index (χ0v) is 27.8. The van der Waals surface area contributed by atoms with Gasteiger partial charge in [-0.3, -0.25) is 4.79 Å². The molecule has 0 unspecified atom stereocenters. The van der Waals surface area contributed by atoms with E-state index in [0.29, 0.717) is 73.5 Å². The van der Waals surface area contributed by atoms with Gasteiger partial charge in [-0.2, -0.15) is 8.61 Å². The highest BCUT2D eigenvalue weighted by atomic mass is 35.5. The van der Waals surface area contributed by atoms with Gasteiger partial charge in [0.15, 0.2) is 5.78 Å². The number of carbonyl (C=O) groups excluding carboxylic acids is 1. The van der Waals surface area contributed by atoms with Gasteiger partial charge in [-0.1, -0.05) is 35.3 Å². The van der Waals surface area contributed by atoms with Gasteiger partial charge < -0.3 is 9.80 Å². The summed E-state index contributed by atoms with van der Waals surface area (Å²) < 4.78 is 57.4. The summed E-state index contributed by atoms with van der Waals surface area (Å²) in [5, 5.41) is 1.28. The highest BCUT2D eigenvalue weighted by molar-refractivity contribution is 7.89. The standard InChI is InChI=1S/C33H30Cl2N4O5S2/c34-23-1-5-25(6-2-23)36-13-17-38(18-14-36)45(41,42)27-9-11-29-30-12-10-28(22-32(30)33(40)31(29)21-27)46(43,44)39-19-15-37(16-20-39)26-7-3-24(35)4-8-26/h1-12,21-22H,13-20H2. The summed E-state index contributed by atoms with van der Waals surface area (Å²) in [6, 6.07) is 24.0. The molecule has 2 saturated heterocycles. The molecule has 0 radical (unpaired) electrons. The van der Waals surface area contributed by atoms with E-state index in [1.54, 1.807) is 12.1 Å². The van der Waals surface area contributed by atoms with E-state index < -0.39 is 20.0 Å². The maximum absolute atomic E-state index is 13.6. The summed E-state index contributed by atoms with van der Waals surface area (Å²) in [7, 11) is -7.72. The lowest BCUT2D eigenvalue weighted by atomic mass is 10.1. The average molecular weight is 698 g/mol. The Balaban J connectivity index is 1.06. The van der Waals surface area contributed by atoms with Crippen molar-refractivity contribution in [3.63, 3.8) is 0 Å². The Hall–Kier alpha value is -3.45. The molecule has 0 atom stereocenters. The van der Waals surface area contributed by atoms with Crippen LogP contribution in [-0.2, 0) is 20.0 Å². The van der Waals surface area contributed by atoms with Crippen LogP contribution in [0, 0.1) is 0 Å². The van der Waals surface area contributed by atoms with Crippen LogP contribution in [0.4, 0.5) is 11.4 Å². The molecule has 238 valence electrons. The van der Waals surface area contributed by atoms with Gasteiger partial charge in [-0.15, -0.1) is 0 Å². The van der Waals surface area contributed by atoms with Crippen molar-refractivity contribution in [2.45, 2.75) is 9.79 Å². The Morgan fingerprint density at radius 2 is 0.804 bits per heavy atom. The SMILES string of the molecule is O=C1c2cc(S(=O)(=O)N3CCN(c4ccc(Cl)cc4)CC3)ccc2-c2ccc(S(=O)(=O)N3CCN(c4ccc(Cl)cc4)CC3)cc21. The van der Waals surface area contributed by atoms with Gasteiger partial charge in [0.25, 0.3) is 0 Å². The molecular weight excluding hydrogens is 667 g/mol. The molecule has 46 heavy (non-hydrogen) atoms. The van der Waals surface area contributed by atoms with Gasteiger partial charge >= 0.3 is 0 Å². The third-order valence-corrected chi connectivity index (χ3v) is 13.2. The second kappa shape index (κ2) is 12.0. The number of benzene rings is 4. The number of hydrogen-bond acceptors (Lipinski definition) is 7. The Kier molecular flexibility index (Phi) is 8.11. The van der Waals surface area contributed by atoms with Crippen molar-refractivity contribution in [2.24, 2.45) is 0 Å². The lowest BCUT2D eigenvalue weighted by Crippen LogP contribution is -2.48. The van der Waals surface area contributed by atoms with Crippen molar-refractivity contribution in [1.82, 2.24) is 8.61 Å². The molecule has 0 bridgehead atoms. The molecule has 4 aromatic rings. The van der Waals surface area contributed by atoms with Crippen LogP contribution in [0.1, 0.15) is 15.9 Å². The van der Waals surface area contributed by atoms with Crippen molar-refractivity contribution < 1.29 is 21.6 Å². The Bertz CT molecular complexity index is 1890. The molecule has 9 nitrogen and oxygen atoms in total. The van der Waals surface area contributed by atoms with Crippen molar-refractivity contribution in [1.29, 1.82) is 0 Å². The molecule has 0 aromatic heterocycles. The van der Waals surface area contributed by atoms with Crippen LogP contribution in [0.15, 0.2) is 94.7 Å². The average Bonchev–Trinajstić information content (AvgIpc) is 3.36. The topological polar surface area (TPSA) is 98.3 Å². The fraction of sp³-hybridized carbons (Fsp3) is 0.242. The number of hydrogen-bond donors (Lipinski definition) is 0. The van der Waals surface area contributed by atoms with E-state index in [2.05, 4.69) is 9.80 Å². The van der Waals surface area contributed by atoms with Crippen molar-refractivity contribution in [3.8, 4) is 11.1 Å². The van der Waals surface area contributed by atoms with Crippen molar-refractivity contribution in [3.05, 3.63) is 106 Å². The molecule has 0 amide bonds. The quantitative estimate of drug-likeness (QED) is 0.240. The van der Waals surface area contributed by atoms with E-state index in [4.69, 9.17) is 23.2 Å². The molecule has 1 aliphatic carbocycles. The highest BCUT2D eigenvalue weighted by Gasteiger charge is 2.35. The molecule has 0 saturated carbocycles. The van der Waals surface area contributed by atoms with Crippen LogP contribution < -0.4 is 9.80 Å². The second-order valence-electron chi connectivity index (χ2n) is 11.5. The third-order valence-electron chi connectivity index (χ3n) is 8.90. The summed E-state index contributed by atoms with van der Waals surface area (Å²) in [6.45, 7) is 3.26. The predicted molar refractivity (Wildman–Crippen MR) is 180 cm³/mol. The lowest BCUT2D eigenvalue weighted by Gasteiger charge is -2.35. The van der Waals surface area contributed by atoms with Gasteiger partial charge in [0.2, 0.25) is 20.0 Å². The Morgan fingerprint density at radius 3 is 1.15 bits per heavy atom. The van der Waals surface area contributed by atoms with Crippen molar-refractivity contribution >= 4 is 60.4 Å². The number of anilines is 2. The van der Waals surface area contributed by atoms with E-state index in [1.165, 1.54) is 32.9 Å². The molecule has 4 aromatic carbocycles. The zero-order valence-electron chi connectivity index (χ0n) is 24.6. The van der Waals surface area contributed by atoms with Gasteiger partial charge in [-0.05, 0) is 83.9 Å². The third kappa shape index (κ3) is 5.59. The summed E-state index contributed by atoms with van der Waals surface area (Å²) in [5.41, 5.74) is 3.64. The zero-order chi connectivity index (χ0) is 32.2. The Morgan fingerprint density at radius 1 is 0.457 bits per heavy atom. The van der Waals surface area contributed by atoms with E-state index in [1.807, 2.05) is 48.5 Å². The Labute approximate surface area is 278 Å². The smallest absolute Gasteiger partial charge is 0.243 e. The number of halogens is 2. The number of fused-ring (bicyclic) bond motifs is 3. The number of piperazine rings is 2. The molecule has 13 heteroatoms. The van der Waals surface area contributed by atoms with E-state index >= 15 is 0 Å². The predicted octanol–water partition coefficient (Wildman–Crippen LogP) is 5.23. The van der Waals surface area contributed by atoms with Crippen LogP contribution in [0.3, 0.4) is 0 Å². The maximum Gasteiger partial charge on any atom is 0.243 e. The van der Waals surface area contributed by atoms with Crippen LogP contribution in [-0.4, -0.2) is 83.6 Å². The van der Waals surface area contributed by atoms with Gasteiger partial charge in [-0.25, -0.2) is 16.8 Å². The second-order valence-corrected chi connectivity index (χ2v) is 16.2. The van der Waals surface area contributed by atoms with Crippen LogP contribution in [0.2, 0.25) is 10.0 Å². The summed E-state index contributed by atoms with van der Waals surface area (Å²) in [6.07, 6.45) is 0. The number of sulfonamides is 2. The van der Waals surface area contributed by atoms with E-state index in [0.717, 1.165) is 11.4 Å². The first kappa shape index (κ1) is 31.2. The highest BCUT2D eigenvalue weighted by Crippen LogP contribution is 2.39. The maximum atomic E-state index is 13.6. The van der Waals surface area contributed by atoms with Crippen molar-refractivity contribution in [2.75, 3.05) is 62.2 Å². The molecule has 0 spiro atoms. The van der Waals surface area contributed by atoms with Gasteiger partial charge in [0.1, 0.15) is 0 Å². The lowest BCUT2D eigenvalue weighted by molar-refractivity contribution is 0.104. The summed E-state index contributed by atoms with van der Waals surface area (Å²) >= 11 is 12.0. The van der Waals surface area contributed by atoms with E-state index in [9.17, 15) is 21.6 Å². The monoisotopic (exact) mass is 696 g/mol. The largest absolute Gasteiger partial charge is 0.369 e. The number of ketones is 1. The molecule has 7 rings (SSSR count). The van der Waals surface area contributed by atoms with Gasteiger partial charge in [0.05, 0.1) is 9.79 Å². The molecular formula is C33H30Cl2N4O5S2. The number of carbonyl (C=O) groups is 1. The summed E-state index contributed by atoms with van der Waals surface area (Å²) in [4.78, 5) is 17.9.